The van der Waals surface area contributed by atoms with Crippen LogP contribution >= 0.6 is 0 Å². The lowest BCUT2D eigenvalue weighted by atomic mass is 10.0. The highest BCUT2D eigenvalue weighted by Gasteiger charge is 2.38. The molecule has 0 saturated heterocycles. The van der Waals surface area contributed by atoms with Gasteiger partial charge in [0, 0.05) is 11.9 Å². The topological polar surface area (TPSA) is 33.2 Å². The van der Waals surface area contributed by atoms with Crippen molar-refractivity contribution in [2.45, 2.75) is 25.6 Å². The molecule has 0 fully saturated rings. The molecule has 1 aromatic carbocycles. The first-order valence-electron chi connectivity index (χ1n) is 6.81. The number of rotatable bonds is 2. The Morgan fingerprint density at radius 1 is 1.18 bits per heavy atom. The van der Waals surface area contributed by atoms with Crippen molar-refractivity contribution in [3.05, 3.63) is 59.4 Å². The van der Waals surface area contributed by atoms with Crippen LogP contribution < -0.4 is 4.90 Å². The summed E-state index contributed by atoms with van der Waals surface area (Å²) in [5, 5.41) is 0. The molecule has 0 saturated carbocycles. The van der Waals surface area contributed by atoms with Crippen molar-refractivity contribution in [2.75, 3.05) is 4.90 Å². The largest absolute Gasteiger partial charge is 0.418 e. The Bertz CT molecular complexity index is 727. The molecule has 2 aromatic rings. The van der Waals surface area contributed by atoms with Gasteiger partial charge in [-0.2, -0.15) is 13.2 Å². The second kappa shape index (κ2) is 5.12. The van der Waals surface area contributed by atoms with E-state index < -0.39 is 11.7 Å². The summed E-state index contributed by atoms with van der Waals surface area (Å²) in [6, 6.07) is 9.37. The van der Waals surface area contributed by atoms with Crippen LogP contribution in [0, 0.1) is 0 Å². The monoisotopic (exact) mass is 306 g/mol. The van der Waals surface area contributed by atoms with Gasteiger partial charge in [0.1, 0.15) is 0 Å². The molecule has 6 heteroatoms. The Labute approximate surface area is 125 Å². The number of hydrogen-bond acceptors (Lipinski definition) is 2. The lowest BCUT2D eigenvalue weighted by Crippen LogP contribution is -2.29. The predicted molar refractivity (Wildman–Crippen MR) is 75.3 cm³/mol. The molecule has 2 heterocycles. The van der Waals surface area contributed by atoms with Crippen molar-refractivity contribution < 1.29 is 18.0 Å². The van der Waals surface area contributed by atoms with E-state index in [1.54, 1.807) is 19.1 Å². The van der Waals surface area contributed by atoms with Crippen LogP contribution in [0.25, 0.3) is 0 Å². The first-order chi connectivity index (χ1) is 10.4. The average molecular weight is 306 g/mol. The summed E-state index contributed by atoms with van der Waals surface area (Å²) in [4.78, 5) is 17.5. The van der Waals surface area contributed by atoms with Crippen molar-refractivity contribution in [1.29, 1.82) is 0 Å². The van der Waals surface area contributed by atoms with Gasteiger partial charge in [-0.3, -0.25) is 9.78 Å². The van der Waals surface area contributed by atoms with Crippen LogP contribution in [0.3, 0.4) is 0 Å². The third-order valence-electron chi connectivity index (χ3n) is 3.83. The van der Waals surface area contributed by atoms with E-state index in [0.29, 0.717) is 5.69 Å². The summed E-state index contributed by atoms with van der Waals surface area (Å²) >= 11 is 0. The Balaban J connectivity index is 2.00. The number of fused-ring (bicyclic) bond motifs is 1. The molecule has 1 aromatic heterocycles. The minimum Gasteiger partial charge on any atom is -0.306 e. The molecule has 1 amide bonds. The summed E-state index contributed by atoms with van der Waals surface area (Å²) in [5.74, 6) is -0.561. The van der Waals surface area contributed by atoms with E-state index in [0.717, 1.165) is 11.6 Å². The molecule has 0 N–H and O–H groups in total. The maximum Gasteiger partial charge on any atom is 0.418 e. The summed E-state index contributed by atoms with van der Waals surface area (Å²) in [5.41, 5.74) is 0.530. The molecule has 0 bridgehead atoms. The van der Waals surface area contributed by atoms with E-state index in [1.165, 1.54) is 17.2 Å². The van der Waals surface area contributed by atoms with Gasteiger partial charge < -0.3 is 4.90 Å². The fourth-order valence-electron chi connectivity index (χ4n) is 2.72. The minimum absolute atomic E-state index is 0.146. The number of nitrogens with zero attached hydrogens (tertiary/aromatic N) is 2. The number of aromatic nitrogens is 1. The van der Waals surface area contributed by atoms with Crippen molar-refractivity contribution in [1.82, 2.24) is 4.98 Å². The summed E-state index contributed by atoms with van der Waals surface area (Å²) in [6.45, 7) is 1.57. The van der Waals surface area contributed by atoms with Crippen LogP contribution in [0.15, 0.2) is 42.6 Å². The van der Waals surface area contributed by atoms with Crippen LogP contribution in [0.5, 0.6) is 0 Å². The standard InChI is InChI=1S/C16H13F3N2O/c1-10-11-5-2-3-7-14(11)21(15(10)22)9-13-12(16(17,18)19)6-4-8-20-13/h2-8,10H,9H2,1H3. The van der Waals surface area contributed by atoms with E-state index in [2.05, 4.69) is 4.98 Å². The second-order valence-corrected chi connectivity index (χ2v) is 5.20. The first-order valence-corrected chi connectivity index (χ1v) is 6.81. The van der Waals surface area contributed by atoms with Gasteiger partial charge in [0.05, 0.1) is 23.7 Å². The minimum atomic E-state index is -4.49. The molecular weight excluding hydrogens is 293 g/mol. The van der Waals surface area contributed by atoms with Gasteiger partial charge in [0.2, 0.25) is 5.91 Å². The van der Waals surface area contributed by atoms with Crippen LogP contribution in [0.2, 0.25) is 0 Å². The van der Waals surface area contributed by atoms with E-state index in [9.17, 15) is 18.0 Å². The normalized spacial score (nSPS) is 17.7. The summed E-state index contributed by atoms with van der Waals surface area (Å²) in [6.07, 6.45) is -3.18. The average Bonchev–Trinajstić information content (AvgIpc) is 2.72. The Hall–Kier alpha value is -2.37. The fraction of sp³-hybridized carbons (Fsp3) is 0.250. The highest BCUT2D eigenvalue weighted by molar-refractivity contribution is 6.04. The number of alkyl halides is 3. The molecule has 3 rings (SSSR count). The fourth-order valence-corrected chi connectivity index (χ4v) is 2.72. The Kier molecular flexibility index (Phi) is 3.39. The van der Waals surface area contributed by atoms with Gasteiger partial charge in [0.15, 0.2) is 0 Å². The SMILES string of the molecule is CC1C(=O)N(Cc2ncccc2C(F)(F)F)c2ccccc21. The number of hydrogen-bond donors (Lipinski definition) is 0. The number of para-hydroxylation sites is 1. The van der Waals surface area contributed by atoms with Gasteiger partial charge in [-0.15, -0.1) is 0 Å². The number of halogens is 3. The highest BCUT2D eigenvalue weighted by Crippen LogP contribution is 2.39. The van der Waals surface area contributed by atoms with E-state index in [1.807, 2.05) is 12.1 Å². The molecule has 1 atom stereocenters. The van der Waals surface area contributed by atoms with Crippen LogP contribution in [0.4, 0.5) is 18.9 Å². The number of anilines is 1. The molecule has 1 aliphatic heterocycles. The van der Waals surface area contributed by atoms with E-state index in [4.69, 9.17) is 0 Å². The maximum absolute atomic E-state index is 13.0. The van der Waals surface area contributed by atoms with E-state index >= 15 is 0 Å². The maximum atomic E-state index is 13.0. The molecule has 1 aliphatic rings. The quantitative estimate of drug-likeness (QED) is 0.846. The molecule has 0 radical (unpaired) electrons. The molecule has 22 heavy (non-hydrogen) atoms. The third-order valence-corrected chi connectivity index (χ3v) is 3.83. The first kappa shape index (κ1) is 14.6. The van der Waals surface area contributed by atoms with Crippen LogP contribution in [-0.2, 0) is 17.5 Å². The van der Waals surface area contributed by atoms with Gasteiger partial charge >= 0.3 is 6.18 Å². The number of amides is 1. The zero-order valence-electron chi connectivity index (χ0n) is 11.8. The third kappa shape index (κ3) is 2.34. The zero-order valence-corrected chi connectivity index (χ0v) is 11.8. The van der Waals surface area contributed by atoms with Gasteiger partial charge in [0.25, 0.3) is 0 Å². The molecule has 114 valence electrons. The second-order valence-electron chi connectivity index (χ2n) is 5.20. The number of carbonyl (C=O) groups is 1. The summed E-state index contributed by atoms with van der Waals surface area (Å²) in [7, 11) is 0. The van der Waals surface area contributed by atoms with Crippen molar-refractivity contribution in [3.8, 4) is 0 Å². The Morgan fingerprint density at radius 2 is 1.91 bits per heavy atom. The van der Waals surface area contributed by atoms with Crippen LogP contribution in [-0.4, -0.2) is 10.9 Å². The van der Waals surface area contributed by atoms with Gasteiger partial charge in [-0.1, -0.05) is 18.2 Å². The molecule has 0 aliphatic carbocycles. The molecule has 3 nitrogen and oxygen atoms in total. The number of pyridine rings is 1. The van der Waals surface area contributed by atoms with Crippen molar-refractivity contribution >= 4 is 11.6 Å². The Morgan fingerprint density at radius 3 is 2.64 bits per heavy atom. The molecular formula is C16H13F3N2O. The molecule has 0 spiro atoms. The van der Waals surface area contributed by atoms with Crippen molar-refractivity contribution in [3.63, 3.8) is 0 Å². The van der Waals surface area contributed by atoms with Gasteiger partial charge in [-0.25, -0.2) is 0 Å². The number of carbonyl (C=O) groups excluding carboxylic acids is 1. The van der Waals surface area contributed by atoms with Crippen LogP contribution in [0.1, 0.15) is 29.7 Å². The zero-order chi connectivity index (χ0) is 15.9. The van der Waals surface area contributed by atoms with Crippen molar-refractivity contribution in [2.24, 2.45) is 0 Å². The lowest BCUT2D eigenvalue weighted by molar-refractivity contribution is -0.138. The number of benzene rings is 1. The predicted octanol–water partition coefficient (Wildman–Crippen LogP) is 3.75. The lowest BCUT2D eigenvalue weighted by Gasteiger charge is -2.20. The molecule has 1 unspecified atom stereocenters. The van der Waals surface area contributed by atoms with E-state index in [-0.39, 0.29) is 24.1 Å². The smallest absolute Gasteiger partial charge is 0.306 e. The summed E-state index contributed by atoms with van der Waals surface area (Å²) < 4.78 is 39.1. The highest BCUT2D eigenvalue weighted by atomic mass is 19.4. The van der Waals surface area contributed by atoms with Gasteiger partial charge in [-0.05, 0) is 30.7 Å².